The molecule has 1 amide bonds. The van der Waals surface area contributed by atoms with Gasteiger partial charge in [0.05, 0.1) is 16.3 Å². The second-order valence-electron chi connectivity index (χ2n) is 3.56. The van der Waals surface area contributed by atoms with Gasteiger partial charge in [-0.15, -0.1) is 6.58 Å². The first kappa shape index (κ1) is 14.5. The van der Waals surface area contributed by atoms with Gasteiger partial charge in [0.2, 0.25) is 15.9 Å². The lowest BCUT2D eigenvalue weighted by Crippen LogP contribution is -2.17. The highest BCUT2D eigenvalue weighted by Gasteiger charge is 2.12. The largest absolute Gasteiger partial charge is 0.366 e. The van der Waals surface area contributed by atoms with E-state index in [1.165, 1.54) is 24.3 Å². The maximum Gasteiger partial charge on any atom is 0.250 e. The van der Waals surface area contributed by atoms with Gasteiger partial charge in [0.1, 0.15) is 0 Å². The molecule has 3 N–H and O–H groups in total. The summed E-state index contributed by atoms with van der Waals surface area (Å²) < 4.78 is 25.6. The monoisotopic (exact) mass is 288 g/mol. The minimum absolute atomic E-state index is 0.0700. The van der Waals surface area contributed by atoms with Gasteiger partial charge in [-0.2, -0.15) is 0 Å². The Morgan fingerprint density at radius 1 is 1.50 bits per heavy atom. The van der Waals surface area contributed by atoms with Crippen molar-refractivity contribution in [2.24, 2.45) is 5.73 Å². The van der Waals surface area contributed by atoms with Gasteiger partial charge in [0.15, 0.2) is 0 Å². The van der Waals surface area contributed by atoms with Crippen LogP contribution in [0.4, 0.5) is 5.69 Å². The molecule has 0 aliphatic carbocycles. The molecule has 0 bridgehead atoms. The summed E-state index contributed by atoms with van der Waals surface area (Å²) in [5, 5.41) is 0.177. The summed E-state index contributed by atoms with van der Waals surface area (Å²) in [5.74, 6) is -0.794. The summed E-state index contributed by atoms with van der Waals surface area (Å²) in [5.41, 5.74) is 5.43. The van der Waals surface area contributed by atoms with Crippen LogP contribution < -0.4 is 10.5 Å². The van der Waals surface area contributed by atoms with Crippen LogP contribution in [0.15, 0.2) is 30.9 Å². The summed E-state index contributed by atoms with van der Waals surface area (Å²) in [7, 11) is -3.47. The average Bonchev–Trinajstić information content (AvgIpc) is 2.28. The number of nitrogens with one attached hydrogen (secondary N) is 1. The zero-order valence-corrected chi connectivity index (χ0v) is 11.1. The Kier molecular flexibility index (Phi) is 4.75. The summed E-state index contributed by atoms with van der Waals surface area (Å²) in [6.45, 7) is 3.45. The molecule has 1 aromatic carbocycles. The minimum atomic E-state index is -3.47. The van der Waals surface area contributed by atoms with Crippen molar-refractivity contribution in [1.29, 1.82) is 0 Å². The van der Waals surface area contributed by atoms with E-state index in [1.54, 1.807) is 0 Å². The third kappa shape index (κ3) is 4.05. The second kappa shape index (κ2) is 5.88. The Morgan fingerprint density at radius 2 is 2.17 bits per heavy atom. The van der Waals surface area contributed by atoms with Crippen molar-refractivity contribution in [3.8, 4) is 0 Å². The number of carbonyl (C=O) groups is 1. The number of rotatable bonds is 6. The molecular weight excluding hydrogens is 276 g/mol. The maximum atomic E-state index is 11.6. The zero-order valence-electron chi connectivity index (χ0n) is 9.52. The second-order valence-corrected chi connectivity index (χ2v) is 5.81. The van der Waals surface area contributed by atoms with Gasteiger partial charge in [-0.1, -0.05) is 17.7 Å². The van der Waals surface area contributed by atoms with E-state index in [9.17, 15) is 13.2 Å². The van der Waals surface area contributed by atoms with Gasteiger partial charge in [0.25, 0.3) is 0 Å². The van der Waals surface area contributed by atoms with E-state index in [0.717, 1.165) is 0 Å². The number of amides is 1. The SMILES string of the molecule is C=CCCS(=O)(=O)Nc1ccc(Cl)c(C(N)=O)c1. The average molecular weight is 289 g/mol. The van der Waals surface area contributed by atoms with Gasteiger partial charge in [-0.25, -0.2) is 8.42 Å². The Bertz CT molecular complexity index is 570. The van der Waals surface area contributed by atoms with Crippen LogP contribution in [0, 0.1) is 0 Å². The van der Waals surface area contributed by atoms with E-state index in [0.29, 0.717) is 6.42 Å². The molecule has 1 rings (SSSR count). The van der Waals surface area contributed by atoms with Crippen molar-refractivity contribution in [2.75, 3.05) is 10.5 Å². The predicted molar refractivity (Wildman–Crippen MR) is 72.2 cm³/mol. The lowest BCUT2D eigenvalue weighted by Gasteiger charge is -2.08. The van der Waals surface area contributed by atoms with Gasteiger partial charge >= 0.3 is 0 Å². The number of nitrogens with two attached hydrogens (primary N) is 1. The summed E-state index contributed by atoms with van der Waals surface area (Å²) in [6, 6.07) is 4.17. The van der Waals surface area contributed by atoms with Crippen molar-refractivity contribution in [2.45, 2.75) is 6.42 Å². The third-order valence-electron chi connectivity index (χ3n) is 2.10. The quantitative estimate of drug-likeness (QED) is 0.782. The standard InChI is InChI=1S/C11H13ClN2O3S/c1-2-3-6-18(16,17)14-8-4-5-10(12)9(7-8)11(13)15/h2,4-5,7,14H,1,3,6H2,(H2,13,15). The highest BCUT2D eigenvalue weighted by atomic mass is 35.5. The number of carbonyl (C=O) groups excluding carboxylic acids is 1. The van der Waals surface area contributed by atoms with Crippen molar-refractivity contribution in [1.82, 2.24) is 0 Å². The molecule has 7 heteroatoms. The molecule has 0 fully saturated rings. The van der Waals surface area contributed by atoms with Crippen molar-refractivity contribution >= 4 is 33.2 Å². The summed E-state index contributed by atoms with van der Waals surface area (Å²) in [6.07, 6.45) is 1.85. The van der Waals surface area contributed by atoms with E-state index >= 15 is 0 Å². The van der Waals surface area contributed by atoms with Crippen LogP contribution in [0.5, 0.6) is 0 Å². The lowest BCUT2D eigenvalue weighted by molar-refractivity contribution is 0.100. The van der Waals surface area contributed by atoms with Crippen LogP contribution in [-0.2, 0) is 10.0 Å². The number of anilines is 1. The molecule has 0 unspecified atom stereocenters. The fourth-order valence-electron chi connectivity index (χ4n) is 1.25. The van der Waals surface area contributed by atoms with E-state index in [4.69, 9.17) is 17.3 Å². The van der Waals surface area contributed by atoms with Crippen LogP contribution in [0.1, 0.15) is 16.8 Å². The lowest BCUT2D eigenvalue weighted by atomic mass is 10.2. The van der Waals surface area contributed by atoms with Crippen LogP contribution in [0.25, 0.3) is 0 Å². The molecule has 18 heavy (non-hydrogen) atoms. The van der Waals surface area contributed by atoms with Crippen LogP contribution in [-0.4, -0.2) is 20.1 Å². The zero-order chi connectivity index (χ0) is 13.8. The van der Waals surface area contributed by atoms with Gasteiger partial charge < -0.3 is 5.73 Å². The topological polar surface area (TPSA) is 89.3 Å². The number of primary amides is 1. The van der Waals surface area contributed by atoms with Crippen molar-refractivity contribution in [3.05, 3.63) is 41.4 Å². The maximum absolute atomic E-state index is 11.6. The molecule has 0 aromatic heterocycles. The van der Waals surface area contributed by atoms with Crippen LogP contribution in [0.2, 0.25) is 5.02 Å². The number of allylic oxidation sites excluding steroid dienone is 1. The molecule has 0 saturated heterocycles. The Morgan fingerprint density at radius 3 is 2.72 bits per heavy atom. The smallest absolute Gasteiger partial charge is 0.250 e. The number of hydrogen-bond donors (Lipinski definition) is 2. The molecule has 0 saturated carbocycles. The van der Waals surface area contributed by atoms with Crippen molar-refractivity contribution in [3.63, 3.8) is 0 Å². The molecular formula is C11H13ClN2O3S. The Balaban J connectivity index is 2.95. The first-order valence-electron chi connectivity index (χ1n) is 5.06. The number of halogens is 1. The predicted octanol–water partition coefficient (Wildman–Crippen LogP) is 1.76. The molecule has 0 radical (unpaired) electrons. The van der Waals surface area contributed by atoms with E-state index < -0.39 is 15.9 Å². The molecule has 1 aromatic rings. The van der Waals surface area contributed by atoms with Crippen molar-refractivity contribution < 1.29 is 13.2 Å². The third-order valence-corrected chi connectivity index (χ3v) is 3.75. The highest BCUT2D eigenvalue weighted by Crippen LogP contribution is 2.21. The molecule has 0 spiro atoms. The van der Waals surface area contributed by atoms with Gasteiger partial charge in [-0.05, 0) is 24.6 Å². The van der Waals surface area contributed by atoms with Crippen LogP contribution >= 0.6 is 11.6 Å². The van der Waals surface area contributed by atoms with Crippen LogP contribution in [0.3, 0.4) is 0 Å². The Hall–Kier alpha value is -1.53. The molecule has 0 aliphatic rings. The number of benzene rings is 1. The first-order chi connectivity index (χ1) is 8.35. The van der Waals surface area contributed by atoms with E-state index in [1.807, 2.05) is 0 Å². The molecule has 98 valence electrons. The van der Waals surface area contributed by atoms with Gasteiger partial charge in [-0.3, -0.25) is 9.52 Å². The number of sulfonamides is 1. The Labute approximate surface area is 111 Å². The van der Waals surface area contributed by atoms with Gasteiger partial charge in [0, 0.05) is 5.69 Å². The summed E-state index contributed by atoms with van der Waals surface area (Å²) >= 11 is 5.75. The minimum Gasteiger partial charge on any atom is -0.366 e. The van der Waals surface area contributed by atoms with E-state index in [2.05, 4.69) is 11.3 Å². The summed E-state index contributed by atoms with van der Waals surface area (Å²) in [4.78, 5) is 11.1. The molecule has 0 heterocycles. The highest BCUT2D eigenvalue weighted by molar-refractivity contribution is 7.92. The first-order valence-corrected chi connectivity index (χ1v) is 7.09. The molecule has 5 nitrogen and oxygen atoms in total. The normalized spacial score (nSPS) is 10.9. The fourth-order valence-corrected chi connectivity index (χ4v) is 2.52. The molecule has 0 aliphatic heterocycles. The molecule has 0 atom stereocenters. The number of hydrogen-bond acceptors (Lipinski definition) is 3. The van der Waals surface area contributed by atoms with E-state index in [-0.39, 0.29) is 22.0 Å². The fraction of sp³-hybridized carbons (Fsp3) is 0.182.